The van der Waals surface area contributed by atoms with Crippen LogP contribution in [0, 0.1) is 17.6 Å². The van der Waals surface area contributed by atoms with E-state index in [0.29, 0.717) is 37.0 Å². The van der Waals surface area contributed by atoms with Gasteiger partial charge < -0.3 is 15.2 Å². The van der Waals surface area contributed by atoms with Crippen molar-refractivity contribution in [1.29, 1.82) is 0 Å². The molecule has 2 aromatic rings. The molecule has 27 heavy (non-hydrogen) atoms. The van der Waals surface area contributed by atoms with Crippen molar-refractivity contribution < 1.29 is 28.2 Å². The molecule has 1 fully saturated rings. The Morgan fingerprint density at radius 3 is 2.15 bits per heavy atom. The summed E-state index contributed by atoms with van der Waals surface area (Å²) in [5, 5.41) is 11.9. The van der Waals surface area contributed by atoms with Gasteiger partial charge in [-0.2, -0.15) is 0 Å². The van der Waals surface area contributed by atoms with Crippen LogP contribution in [0.25, 0.3) is 0 Å². The minimum absolute atomic E-state index is 0.0359. The normalized spacial score (nSPS) is 19.3. The average molecular weight is 375 g/mol. The lowest BCUT2D eigenvalue weighted by Crippen LogP contribution is -2.38. The quantitative estimate of drug-likeness (QED) is 0.824. The second-order valence-corrected chi connectivity index (χ2v) is 6.56. The Balaban J connectivity index is 1.56. The van der Waals surface area contributed by atoms with Crippen LogP contribution >= 0.6 is 0 Å². The van der Waals surface area contributed by atoms with Gasteiger partial charge in [-0.25, -0.2) is 8.78 Å². The van der Waals surface area contributed by atoms with Crippen LogP contribution in [0.2, 0.25) is 0 Å². The number of carbonyl (C=O) groups is 2. The number of rotatable bonds is 5. The first-order valence-corrected chi connectivity index (χ1v) is 8.69. The van der Waals surface area contributed by atoms with E-state index in [-0.39, 0.29) is 23.6 Å². The summed E-state index contributed by atoms with van der Waals surface area (Å²) >= 11 is 0. The number of aliphatic carboxylic acids is 1. The molecule has 2 aromatic carbocycles. The standard InChI is InChI=1S/C20H19F2NO4/c21-17-10-9-16(11-18(17)22)27-15-7-3-12(4-8-15)19(24)23-14-5-1-13(2-6-14)20(25)26/h3-4,7-11,13-14H,1-2,5-6H2,(H,23,24)(H,25,26). The van der Waals surface area contributed by atoms with Gasteiger partial charge in [0.1, 0.15) is 11.5 Å². The van der Waals surface area contributed by atoms with Crippen molar-refractivity contribution in [3.05, 3.63) is 59.7 Å². The van der Waals surface area contributed by atoms with Crippen LogP contribution < -0.4 is 10.1 Å². The maximum atomic E-state index is 13.2. The van der Waals surface area contributed by atoms with Gasteiger partial charge in [0, 0.05) is 17.7 Å². The number of benzene rings is 2. The third-order valence-electron chi connectivity index (χ3n) is 4.65. The number of hydrogen-bond acceptors (Lipinski definition) is 3. The number of halogens is 2. The Morgan fingerprint density at radius 2 is 1.56 bits per heavy atom. The molecule has 2 N–H and O–H groups in total. The van der Waals surface area contributed by atoms with Crippen LogP contribution in [0.5, 0.6) is 11.5 Å². The van der Waals surface area contributed by atoms with Crippen molar-refractivity contribution in [3.63, 3.8) is 0 Å². The smallest absolute Gasteiger partial charge is 0.306 e. The summed E-state index contributed by atoms with van der Waals surface area (Å²) in [6, 6.07) is 9.49. The summed E-state index contributed by atoms with van der Waals surface area (Å²) in [6.45, 7) is 0. The first-order valence-electron chi connectivity index (χ1n) is 8.69. The zero-order chi connectivity index (χ0) is 19.4. The van der Waals surface area contributed by atoms with Gasteiger partial charge >= 0.3 is 5.97 Å². The minimum atomic E-state index is -0.999. The van der Waals surface area contributed by atoms with Crippen molar-refractivity contribution in [3.8, 4) is 11.5 Å². The lowest BCUT2D eigenvalue weighted by atomic mass is 9.86. The zero-order valence-electron chi connectivity index (χ0n) is 14.5. The number of amides is 1. The predicted molar refractivity (Wildman–Crippen MR) is 93.7 cm³/mol. The molecule has 7 heteroatoms. The fraction of sp³-hybridized carbons (Fsp3) is 0.300. The Labute approximate surface area is 155 Å². The van der Waals surface area contributed by atoms with Crippen molar-refractivity contribution >= 4 is 11.9 Å². The van der Waals surface area contributed by atoms with Crippen molar-refractivity contribution in [2.24, 2.45) is 5.92 Å². The molecule has 1 amide bonds. The number of carboxylic acid groups (broad SMARTS) is 1. The third-order valence-corrected chi connectivity index (χ3v) is 4.65. The molecule has 0 spiro atoms. The average Bonchev–Trinajstić information content (AvgIpc) is 2.66. The summed E-state index contributed by atoms with van der Waals surface area (Å²) in [5.41, 5.74) is 0.438. The molecular formula is C20H19F2NO4. The molecule has 1 aliphatic carbocycles. The van der Waals surface area contributed by atoms with E-state index in [1.807, 2.05) is 0 Å². The first-order chi connectivity index (χ1) is 12.9. The molecule has 0 atom stereocenters. The molecule has 3 rings (SSSR count). The summed E-state index contributed by atoms with van der Waals surface area (Å²) in [6.07, 6.45) is 2.39. The number of carbonyl (C=O) groups excluding carboxylic acids is 1. The Hall–Kier alpha value is -2.96. The topological polar surface area (TPSA) is 75.6 Å². The summed E-state index contributed by atoms with van der Waals surface area (Å²) < 4.78 is 31.6. The molecule has 1 aliphatic rings. The summed E-state index contributed by atoms with van der Waals surface area (Å²) in [4.78, 5) is 23.3. The van der Waals surface area contributed by atoms with Crippen molar-refractivity contribution in [1.82, 2.24) is 5.32 Å². The first kappa shape index (κ1) is 18.8. The Bertz CT molecular complexity index is 830. The van der Waals surface area contributed by atoms with Crippen LogP contribution in [0.4, 0.5) is 8.78 Å². The van der Waals surface area contributed by atoms with Crippen LogP contribution in [0.1, 0.15) is 36.0 Å². The van der Waals surface area contributed by atoms with Crippen molar-refractivity contribution in [2.45, 2.75) is 31.7 Å². The van der Waals surface area contributed by atoms with E-state index in [1.165, 1.54) is 6.07 Å². The second kappa shape index (κ2) is 8.16. The molecule has 5 nitrogen and oxygen atoms in total. The van der Waals surface area contributed by atoms with Gasteiger partial charge in [-0.05, 0) is 62.1 Å². The maximum absolute atomic E-state index is 13.2. The Morgan fingerprint density at radius 1 is 0.926 bits per heavy atom. The minimum Gasteiger partial charge on any atom is -0.481 e. The van der Waals surface area contributed by atoms with Crippen molar-refractivity contribution in [2.75, 3.05) is 0 Å². The van der Waals surface area contributed by atoms with Gasteiger partial charge in [-0.3, -0.25) is 9.59 Å². The van der Waals surface area contributed by atoms with Gasteiger partial charge in [-0.15, -0.1) is 0 Å². The molecule has 0 aromatic heterocycles. The highest BCUT2D eigenvalue weighted by molar-refractivity contribution is 5.94. The highest BCUT2D eigenvalue weighted by atomic mass is 19.2. The fourth-order valence-electron chi connectivity index (χ4n) is 3.10. The molecule has 1 saturated carbocycles. The van der Waals surface area contributed by atoms with Gasteiger partial charge in [-0.1, -0.05) is 0 Å². The third kappa shape index (κ3) is 4.81. The number of nitrogens with one attached hydrogen (secondary N) is 1. The van der Waals surface area contributed by atoms with Gasteiger partial charge in [0.05, 0.1) is 5.92 Å². The SMILES string of the molecule is O=C(NC1CCC(C(=O)O)CC1)c1ccc(Oc2ccc(F)c(F)c2)cc1. The maximum Gasteiger partial charge on any atom is 0.306 e. The van der Waals surface area contributed by atoms with E-state index in [4.69, 9.17) is 9.84 Å². The van der Waals surface area contributed by atoms with E-state index in [0.717, 1.165) is 12.1 Å². The summed E-state index contributed by atoms with van der Waals surface area (Å²) in [5.74, 6) is -2.76. The van der Waals surface area contributed by atoms with E-state index >= 15 is 0 Å². The van der Waals surface area contributed by atoms with Crippen LogP contribution in [-0.4, -0.2) is 23.0 Å². The molecule has 0 bridgehead atoms. The monoisotopic (exact) mass is 375 g/mol. The zero-order valence-corrected chi connectivity index (χ0v) is 14.5. The van der Waals surface area contributed by atoms with Gasteiger partial charge in [0.25, 0.3) is 5.91 Å². The highest BCUT2D eigenvalue weighted by Gasteiger charge is 2.26. The largest absolute Gasteiger partial charge is 0.481 e. The fourth-order valence-corrected chi connectivity index (χ4v) is 3.10. The molecule has 0 radical (unpaired) electrons. The molecule has 0 heterocycles. The van der Waals surface area contributed by atoms with Crippen LogP contribution in [0.15, 0.2) is 42.5 Å². The van der Waals surface area contributed by atoms with Crippen LogP contribution in [-0.2, 0) is 4.79 Å². The number of hydrogen-bond donors (Lipinski definition) is 2. The van der Waals surface area contributed by atoms with E-state index in [1.54, 1.807) is 24.3 Å². The van der Waals surface area contributed by atoms with Gasteiger partial charge in [0.2, 0.25) is 0 Å². The predicted octanol–water partition coefficient (Wildman–Crippen LogP) is 4.13. The lowest BCUT2D eigenvalue weighted by molar-refractivity contribution is -0.142. The molecule has 0 saturated heterocycles. The Kier molecular flexibility index (Phi) is 5.69. The number of carboxylic acids is 1. The van der Waals surface area contributed by atoms with E-state index in [9.17, 15) is 18.4 Å². The number of ether oxygens (including phenoxy) is 1. The molecule has 142 valence electrons. The van der Waals surface area contributed by atoms with Crippen LogP contribution in [0.3, 0.4) is 0 Å². The molecule has 0 unspecified atom stereocenters. The highest BCUT2D eigenvalue weighted by Crippen LogP contribution is 2.26. The second-order valence-electron chi connectivity index (χ2n) is 6.56. The molecule has 0 aliphatic heterocycles. The van der Waals surface area contributed by atoms with E-state index < -0.39 is 17.6 Å². The molecular weight excluding hydrogens is 356 g/mol. The van der Waals surface area contributed by atoms with Gasteiger partial charge in [0.15, 0.2) is 11.6 Å². The summed E-state index contributed by atoms with van der Waals surface area (Å²) in [7, 11) is 0. The lowest BCUT2D eigenvalue weighted by Gasteiger charge is -2.26. The van der Waals surface area contributed by atoms with E-state index in [2.05, 4.69) is 5.32 Å².